The van der Waals surface area contributed by atoms with Crippen molar-refractivity contribution in [3.63, 3.8) is 0 Å². The first-order chi connectivity index (χ1) is 7.31. The fourth-order valence-electron chi connectivity index (χ4n) is 2.06. The SMILES string of the molecule is O=C(NCCCl)C1Cc2ccccc2C1. The molecule has 1 aliphatic carbocycles. The first kappa shape index (κ1) is 10.5. The lowest BCUT2D eigenvalue weighted by molar-refractivity contribution is -0.124. The molecule has 0 fully saturated rings. The average Bonchev–Trinajstić information content (AvgIpc) is 2.69. The number of hydrogen-bond acceptors (Lipinski definition) is 1. The molecular formula is C12H14ClNO. The number of hydrogen-bond donors (Lipinski definition) is 1. The molecule has 0 saturated carbocycles. The lowest BCUT2D eigenvalue weighted by Gasteiger charge is -2.08. The number of carbonyl (C=O) groups is 1. The van der Waals surface area contributed by atoms with Crippen molar-refractivity contribution >= 4 is 17.5 Å². The van der Waals surface area contributed by atoms with Crippen LogP contribution in [0.4, 0.5) is 0 Å². The maximum Gasteiger partial charge on any atom is 0.223 e. The minimum atomic E-state index is 0.102. The summed E-state index contributed by atoms with van der Waals surface area (Å²) in [5, 5.41) is 2.84. The van der Waals surface area contributed by atoms with Crippen molar-refractivity contribution in [2.45, 2.75) is 12.8 Å². The number of carbonyl (C=O) groups excluding carboxylic acids is 1. The van der Waals surface area contributed by atoms with Crippen LogP contribution >= 0.6 is 11.6 Å². The highest BCUT2D eigenvalue weighted by molar-refractivity contribution is 6.18. The van der Waals surface area contributed by atoms with Crippen LogP contribution in [0.5, 0.6) is 0 Å². The summed E-state index contributed by atoms with van der Waals surface area (Å²) in [6.07, 6.45) is 1.73. The number of fused-ring (bicyclic) bond motifs is 1. The molecule has 0 unspecified atom stereocenters. The Morgan fingerprint density at radius 3 is 2.47 bits per heavy atom. The van der Waals surface area contributed by atoms with E-state index < -0.39 is 0 Å². The van der Waals surface area contributed by atoms with Gasteiger partial charge in [0, 0.05) is 18.3 Å². The van der Waals surface area contributed by atoms with E-state index in [2.05, 4.69) is 17.4 Å². The van der Waals surface area contributed by atoms with Crippen molar-refractivity contribution in [1.82, 2.24) is 5.32 Å². The van der Waals surface area contributed by atoms with Gasteiger partial charge in [0.05, 0.1) is 0 Å². The fourth-order valence-corrected chi connectivity index (χ4v) is 2.15. The Hall–Kier alpha value is -1.02. The van der Waals surface area contributed by atoms with Crippen LogP contribution in [0.3, 0.4) is 0 Å². The molecule has 1 aliphatic rings. The van der Waals surface area contributed by atoms with Gasteiger partial charge < -0.3 is 5.32 Å². The van der Waals surface area contributed by atoms with Crippen LogP contribution in [0.1, 0.15) is 11.1 Å². The molecular weight excluding hydrogens is 210 g/mol. The molecule has 1 aromatic rings. The van der Waals surface area contributed by atoms with Crippen LogP contribution in [-0.2, 0) is 17.6 Å². The molecule has 0 bridgehead atoms. The molecule has 0 radical (unpaired) electrons. The third-order valence-corrected chi connectivity index (χ3v) is 3.00. The van der Waals surface area contributed by atoms with Crippen LogP contribution in [0.15, 0.2) is 24.3 Å². The number of nitrogens with one attached hydrogen (secondary N) is 1. The zero-order valence-corrected chi connectivity index (χ0v) is 9.26. The van der Waals surface area contributed by atoms with Gasteiger partial charge in [0.2, 0.25) is 5.91 Å². The smallest absolute Gasteiger partial charge is 0.223 e. The molecule has 1 amide bonds. The first-order valence-electron chi connectivity index (χ1n) is 5.21. The van der Waals surface area contributed by atoms with E-state index in [1.807, 2.05) is 12.1 Å². The third kappa shape index (κ3) is 2.32. The first-order valence-corrected chi connectivity index (χ1v) is 5.75. The molecule has 0 aromatic heterocycles. The summed E-state index contributed by atoms with van der Waals surface area (Å²) in [6, 6.07) is 8.25. The van der Waals surface area contributed by atoms with Crippen molar-refractivity contribution in [2.75, 3.05) is 12.4 Å². The Morgan fingerprint density at radius 2 is 1.93 bits per heavy atom. The quantitative estimate of drug-likeness (QED) is 0.778. The number of benzene rings is 1. The molecule has 1 aromatic carbocycles. The van der Waals surface area contributed by atoms with E-state index in [0.29, 0.717) is 12.4 Å². The van der Waals surface area contributed by atoms with Crippen molar-refractivity contribution in [1.29, 1.82) is 0 Å². The van der Waals surface area contributed by atoms with E-state index in [1.54, 1.807) is 0 Å². The Bertz CT molecular complexity index is 339. The highest BCUT2D eigenvalue weighted by Crippen LogP contribution is 2.26. The predicted molar refractivity (Wildman–Crippen MR) is 61.1 cm³/mol. The van der Waals surface area contributed by atoms with Crippen molar-refractivity contribution in [3.8, 4) is 0 Å². The molecule has 0 heterocycles. The zero-order chi connectivity index (χ0) is 10.7. The van der Waals surface area contributed by atoms with Gasteiger partial charge in [0.25, 0.3) is 0 Å². The van der Waals surface area contributed by atoms with Crippen molar-refractivity contribution in [3.05, 3.63) is 35.4 Å². The van der Waals surface area contributed by atoms with E-state index in [9.17, 15) is 4.79 Å². The molecule has 0 aliphatic heterocycles. The highest BCUT2D eigenvalue weighted by atomic mass is 35.5. The topological polar surface area (TPSA) is 29.1 Å². The average molecular weight is 224 g/mol. The van der Waals surface area contributed by atoms with E-state index in [0.717, 1.165) is 12.8 Å². The van der Waals surface area contributed by atoms with E-state index >= 15 is 0 Å². The summed E-state index contributed by atoms with van der Waals surface area (Å²) in [4.78, 5) is 11.7. The number of halogens is 1. The largest absolute Gasteiger partial charge is 0.355 e. The summed E-state index contributed by atoms with van der Waals surface area (Å²) in [5.74, 6) is 0.711. The Balaban J connectivity index is 1.98. The Labute approximate surface area is 94.6 Å². The third-order valence-electron chi connectivity index (χ3n) is 2.82. The van der Waals surface area contributed by atoms with Crippen molar-refractivity contribution < 1.29 is 4.79 Å². The van der Waals surface area contributed by atoms with Gasteiger partial charge in [-0.15, -0.1) is 11.6 Å². The molecule has 1 N–H and O–H groups in total. The number of alkyl halides is 1. The second-order valence-electron chi connectivity index (χ2n) is 3.85. The van der Waals surface area contributed by atoms with Crippen LogP contribution < -0.4 is 5.32 Å². The molecule has 0 spiro atoms. The summed E-state index contributed by atoms with van der Waals surface area (Å²) in [5.41, 5.74) is 2.62. The molecule has 0 atom stereocenters. The van der Waals surface area contributed by atoms with Crippen LogP contribution in [-0.4, -0.2) is 18.3 Å². The van der Waals surface area contributed by atoms with Gasteiger partial charge in [-0.3, -0.25) is 4.79 Å². The second kappa shape index (κ2) is 4.67. The second-order valence-corrected chi connectivity index (χ2v) is 4.23. The zero-order valence-electron chi connectivity index (χ0n) is 8.50. The van der Waals surface area contributed by atoms with Gasteiger partial charge in [0.1, 0.15) is 0 Å². The van der Waals surface area contributed by atoms with E-state index in [-0.39, 0.29) is 11.8 Å². The lowest BCUT2D eigenvalue weighted by atomic mass is 10.1. The summed E-state index contributed by atoms with van der Waals surface area (Å²) < 4.78 is 0. The molecule has 80 valence electrons. The molecule has 2 nitrogen and oxygen atoms in total. The summed E-state index contributed by atoms with van der Waals surface area (Å²) >= 11 is 5.53. The Kier molecular flexibility index (Phi) is 3.27. The number of amides is 1. The van der Waals surface area contributed by atoms with Gasteiger partial charge in [0.15, 0.2) is 0 Å². The summed E-state index contributed by atoms with van der Waals surface area (Å²) in [6.45, 7) is 0.563. The van der Waals surface area contributed by atoms with Crippen LogP contribution in [0, 0.1) is 5.92 Å². The Morgan fingerprint density at radius 1 is 1.33 bits per heavy atom. The minimum absolute atomic E-state index is 0.102. The monoisotopic (exact) mass is 223 g/mol. The van der Waals surface area contributed by atoms with Crippen molar-refractivity contribution in [2.24, 2.45) is 5.92 Å². The maximum absolute atomic E-state index is 11.7. The minimum Gasteiger partial charge on any atom is -0.355 e. The number of rotatable bonds is 3. The standard InChI is InChI=1S/C12H14ClNO/c13-5-6-14-12(15)11-7-9-3-1-2-4-10(9)8-11/h1-4,11H,5-8H2,(H,14,15). The van der Waals surface area contributed by atoms with Gasteiger partial charge >= 0.3 is 0 Å². The maximum atomic E-state index is 11.7. The van der Waals surface area contributed by atoms with Gasteiger partial charge in [-0.2, -0.15) is 0 Å². The molecule has 2 rings (SSSR count). The van der Waals surface area contributed by atoms with Gasteiger partial charge in [-0.05, 0) is 24.0 Å². The molecule has 3 heteroatoms. The predicted octanol–water partition coefficient (Wildman–Crippen LogP) is 1.76. The van der Waals surface area contributed by atoms with Crippen LogP contribution in [0.2, 0.25) is 0 Å². The normalized spacial score (nSPS) is 15.0. The molecule has 15 heavy (non-hydrogen) atoms. The molecule has 0 saturated heterocycles. The highest BCUT2D eigenvalue weighted by Gasteiger charge is 2.26. The van der Waals surface area contributed by atoms with E-state index in [1.165, 1.54) is 11.1 Å². The van der Waals surface area contributed by atoms with Crippen LogP contribution in [0.25, 0.3) is 0 Å². The van der Waals surface area contributed by atoms with Gasteiger partial charge in [-0.1, -0.05) is 24.3 Å². The van der Waals surface area contributed by atoms with E-state index in [4.69, 9.17) is 11.6 Å². The van der Waals surface area contributed by atoms with Gasteiger partial charge in [-0.25, -0.2) is 0 Å². The lowest BCUT2D eigenvalue weighted by Crippen LogP contribution is -2.32. The fraction of sp³-hybridized carbons (Fsp3) is 0.417. The summed E-state index contributed by atoms with van der Waals surface area (Å²) in [7, 11) is 0.